The Morgan fingerprint density at radius 1 is 1.40 bits per heavy atom. The quantitative estimate of drug-likeness (QED) is 0.797. The molecule has 1 aliphatic carbocycles. The van der Waals surface area contributed by atoms with Gasteiger partial charge < -0.3 is 9.73 Å². The van der Waals surface area contributed by atoms with Crippen molar-refractivity contribution in [2.24, 2.45) is 5.92 Å². The monoisotopic (exact) mass is 345 g/mol. The Morgan fingerprint density at radius 3 is 2.88 bits per heavy atom. The van der Waals surface area contributed by atoms with Gasteiger partial charge in [0.1, 0.15) is 12.1 Å². The van der Waals surface area contributed by atoms with Crippen molar-refractivity contribution in [2.75, 3.05) is 6.54 Å². The highest BCUT2D eigenvalue weighted by Crippen LogP contribution is 2.30. The Labute approximate surface area is 147 Å². The van der Waals surface area contributed by atoms with E-state index in [4.69, 9.17) is 4.42 Å². The average Bonchev–Trinajstić information content (AvgIpc) is 3.21. The maximum Gasteiger partial charge on any atom is 0.273 e. The minimum Gasteiger partial charge on any atom is -0.447 e. The number of rotatable bonds is 8. The van der Waals surface area contributed by atoms with Crippen LogP contribution in [-0.2, 0) is 13.1 Å². The summed E-state index contributed by atoms with van der Waals surface area (Å²) in [5.41, 5.74) is 1.21. The first kappa shape index (κ1) is 17.6. The molecule has 5 nitrogen and oxygen atoms in total. The molecule has 0 radical (unpaired) electrons. The fourth-order valence-corrected chi connectivity index (χ4v) is 2.76. The molecule has 6 heteroatoms. The highest BCUT2D eigenvalue weighted by molar-refractivity contribution is 5.92. The van der Waals surface area contributed by atoms with Crippen molar-refractivity contribution in [3.05, 3.63) is 53.5 Å². The Bertz CT molecular complexity index is 725. The Morgan fingerprint density at radius 2 is 2.20 bits per heavy atom. The van der Waals surface area contributed by atoms with E-state index in [2.05, 4.69) is 15.2 Å². The second-order valence-corrected chi connectivity index (χ2v) is 7.00. The molecular formula is C19H24FN3O2. The maximum absolute atomic E-state index is 13.4. The van der Waals surface area contributed by atoms with Gasteiger partial charge >= 0.3 is 0 Å². The molecule has 1 fully saturated rings. The smallest absolute Gasteiger partial charge is 0.273 e. The van der Waals surface area contributed by atoms with Crippen molar-refractivity contribution in [3.63, 3.8) is 0 Å². The lowest BCUT2D eigenvalue weighted by molar-refractivity contribution is 0.0938. The van der Waals surface area contributed by atoms with Crippen molar-refractivity contribution in [1.82, 2.24) is 15.2 Å². The Hall–Kier alpha value is -2.21. The number of carbonyl (C=O) groups excluding carboxylic acids is 1. The second-order valence-electron chi connectivity index (χ2n) is 7.00. The van der Waals surface area contributed by atoms with Crippen molar-refractivity contribution < 1.29 is 13.6 Å². The van der Waals surface area contributed by atoms with E-state index in [1.54, 1.807) is 12.1 Å². The van der Waals surface area contributed by atoms with E-state index < -0.39 is 0 Å². The van der Waals surface area contributed by atoms with Gasteiger partial charge in [-0.1, -0.05) is 12.1 Å². The molecule has 1 aliphatic rings. The number of benzene rings is 1. The van der Waals surface area contributed by atoms with Gasteiger partial charge in [0.15, 0.2) is 5.69 Å². The van der Waals surface area contributed by atoms with Gasteiger partial charge in [0, 0.05) is 19.1 Å². The summed E-state index contributed by atoms with van der Waals surface area (Å²) in [6.45, 7) is 5.85. The van der Waals surface area contributed by atoms with Crippen molar-refractivity contribution in [3.8, 4) is 0 Å². The first-order valence-corrected chi connectivity index (χ1v) is 8.71. The molecule has 0 aliphatic heterocycles. The third-order valence-corrected chi connectivity index (χ3v) is 4.07. The lowest BCUT2D eigenvalue weighted by atomic mass is 10.2. The molecule has 0 spiro atoms. The minimum absolute atomic E-state index is 0.0481. The third kappa shape index (κ3) is 5.39. The number of nitrogens with zero attached hydrogens (tertiary/aromatic N) is 2. The second kappa shape index (κ2) is 7.78. The summed E-state index contributed by atoms with van der Waals surface area (Å²) in [6.07, 6.45) is 3.85. The first-order chi connectivity index (χ1) is 12.0. The molecule has 0 unspecified atom stereocenters. The third-order valence-electron chi connectivity index (χ3n) is 4.07. The Kier molecular flexibility index (Phi) is 5.48. The van der Waals surface area contributed by atoms with Crippen LogP contribution < -0.4 is 5.32 Å². The van der Waals surface area contributed by atoms with Gasteiger partial charge in [-0.3, -0.25) is 9.69 Å². The van der Waals surface area contributed by atoms with E-state index in [1.165, 1.54) is 25.2 Å². The van der Waals surface area contributed by atoms with Gasteiger partial charge in [0.25, 0.3) is 5.91 Å². The Balaban J connectivity index is 1.66. The zero-order valence-corrected chi connectivity index (χ0v) is 14.7. The molecule has 1 aromatic heterocycles. The highest BCUT2D eigenvalue weighted by atomic mass is 19.1. The lowest BCUT2D eigenvalue weighted by Gasteiger charge is -2.20. The molecule has 134 valence electrons. The van der Waals surface area contributed by atoms with Crippen LogP contribution in [-0.4, -0.2) is 28.4 Å². The first-order valence-electron chi connectivity index (χ1n) is 8.71. The van der Waals surface area contributed by atoms with Gasteiger partial charge in [-0.05, 0) is 50.3 Å². The number of hydrogen-bond donors (Lipinski definition) is 1. The zero-order chi connectivity index (χ0) is 17.8. The average molecular weight is 345 g/mol. The number of halogens is 1. The SMILES string of the molecule is CC(C)NC(=O)c1coc(CN(Cc2cccc(F)c2)CC2CC2)n1. The molecule has 2 aromatic rings. The van der Waals surface area contributed by atoms with Crippen LogP contribution in [0.1, 0.15) is 48.6 Å². The van der Waals surface area contributed by atoms with Crippen molar-refractivity contribution >= 4 is 5.91 Å². The summed E-state index contributed by atoms with van der Waals surface area (Å²) in [4.78, 5) is 18.5. The maximum atomic E-state index is 13.4. The summed E-state index contributed by atoms with van der Waals surface area (Å²) < 4.78 is 18.9. The number of oxazole rings is 1. The number of hydrogen-bond acceptors (Lipinski definition) is 4. The fraction of sp³-hybridized carbons (Fsp3) is 0.474. The van der Waals surface area contributed by atoms with E-state index in [9.17, 15) is 9.18 Å². The molecule has 1 aromatic carbocycles. The highest BCUT2D eigenvalue weighted by Gasteiger charge is 2.25. The van der Waals surface area contributed by atoms with Crippen LogP contribution in [0.25, 0.3) is 0 Å². The summed E-state index contributed by atoms with van der Waals surface area (Å²) in [6, 6.07) is 6.69. The van der Waals surface area contributed by atoms with Gasteiger partial charge in [-0.2, -0.15) is 0 Å². The molecule has 0 atom stereocenters. The van der Waals surface area contributed by atoms with E-state index >= 15 is 0 Å². The molecule has 1 N–H and O–H groups in total. The number of nitrogens with one attached hydrogen (secondary N) is 1. The lowest BCUT2D eigenvalue weighted by Crippen LogP contribution is -2.30. The molecule has 1 saturated carbocycles. The standard InChI is InChI=1S/C19H24FN3O2/c1-13(2)21-19(24)17-12-25-18(22-17)11-23(9-14-6-7-14)10-15-4-3-5-16(20)8-15/h3-5,8,12-14H,6-7,9-11H2,1-2H3,(H,21,24). The topological polar surface area (TPSA) is 58.4 Å². The molecule has 0 saturated heterocycles. The van der Waals surface area contributed by atoms with Crippen LogP contribution in [0.15, 0.2) is 34.9 Å². The summed E-state index contributed by atoms with van der Waals surface area (Å²) in [5, 5.41) is 2.80. The molecule has 0 bridgehead atoms. The normalized spacial score (nSPS) is 14.3. The van der Waals surface area contributed by atoms with E-state index in [1.807, 2.05) is 19.9 Å². The van der Waals surface area contributed by atoms with Crippen LogP contribution in [0, 0.1) is 11.7 Å². The summed E-state index contributed by atoms with van der Waals surface area (Å²) in [5.74, 6) is 0.731. The largest absolute Gasteiger partial charge is 0.447 e. The van der Waals surface area contributed by atoms with E-state index in [-0.39, 0.29) is 17.8 Å². The van der Waals surface area contributed by atoms with E-state index in [0.717, 1.165) is 12.1 Å². The predicted octanol–water partition coefficient (Wildman–Crippen LogP) is 3.36. The summed E-state index contributed by atoms with van der Waals surface area (Å²) in [7, 11) is 0. The molecule has 1 amide bonds. The van der Waals surface area contributed by atoms with Crippen LogP contribution in [0.5, 0.6) is 0 Å². The zero-order valence-electron chi connectivity index (χ0n) is 14.7. The van der Waals surface area contributed by atoms with Gasteiger partial charge in [-0.25, -0.2) is 9.37 Å². The molecule has 25 heavy (non-hydrogen) atoms. The van der Waals surface area contributed by atoms with Gasteiger partial charge in [0.05, 0.1) is 6.54 Å². The fourth-order valence-electron chi connectivity index (χ4n) is 2.76. The molecular weight excluding hydrogens is 321 g/mol. The van der Waals surface area contributed by atoms with Crippen LogP contribution in [0.3, 0.4) is 0 Å². The van der Waals surface area contributed by atoms with Crippen molar-refractivity contribution in [2.45, 2.75) is 45.8 Å². The van der Waals surface area contributed by atoms with Crippen molar-refractivity contribution in [1.29, 1.82) is 0 Å². The van der Waals surface area contributed by atoms with Gasteiger partial charge in [0.2, 0.25) is 5.89 Å². The summed E-state index contributed by atoms with van der Waals surface area (Å²) >= 11 is 0. The number of carbonyl (C=O) groups is 1. The molecule has 1 heterocycles. The van der Waals surface area contributed by atoms with Crippen LogP contribution in [0.4, 0.5) is 4.39 Å². The van der Waals surface area contributed by atoms with Crippen LogP contribution in [0.2, 0.25) is 0 Å². The van der Waals surface area contributed by atoms with E-state index in [0.29, 0.717) is 30.6 Å². The van der Waals surface area contributed by atoms with Gasteiger partial charge in [-0.15, -0.1) is 0 Å². The van der Waals surface area contributed by atoms with Crippen LogP contribution >= 0.6 is 0 Å². The minimum atomic E-state index is -0.233. The molecule has 3 rings (SSSR count). The number of aromatic nitrogens is 1. The predicted molar refractivity (Wildman–Crippen MR) is 92.3 cm³/mol. The number of amides is 1.